The Bertz CT molecular complexity index is 1340. The van der Waals surface area contributed by atoms with Gasteiger partial charge in [-0.05, 0) is 56.0 Å². The van der Waals surface area contributed by atoms with E-state index in [0.29, 0.717) is 23.4 Å². The smallest absolute Gasteiger partial charge is 0.287 e. The summed E-state index contributed by atoms with van der Waals surface area (Å²) in [5.41, 5.74) is 4.43. The van der Waals surface area contributed by atoms with Gasteiger partial charge in [0, 0.05) is 31.3 Å². The number of carbonyl (C=O) groups excluding carboxylic acids is 2. The van der Waals surface area contributed by atoms with Gasteiger partial charge in [0.25, 0.3) is 12.3 Å². The Hall–Kier alpha value is -3.60. The summed E-state index contributed by atoms with van der Waals surface area (Å²) >= 11 is 0. The molecule has 5 rings (SSSR count). The highest BCUT2D eigenvalue weighted by atomic mass is 19.3. The van der Waals surface area contributed by atoms with Gasteiger partial charge in [-0.15, -0.1) is 0 Å². The average molecular weight is 516 g/mol. The molecule has 37 heavy (non-hydrogen) atoms. The van der Waals surface area contributed by atoms with Crippen LogP contribution in [0, 0.1) is 6.92 Å². The average Bonchev–Trinajstić information content (AvgIpc) is 3.39. The third kappa shape index (κ3) is 4.75. The fraction of sp³-hybridized carbons (Fsp3) is 0.423. The zero-order chi connectivity index (χ0) is 26.3. The van der Waals surface area contributed by atoms with Gasteiger partial charge in [0.15, 0.2) is 6.23 Å². The third-order valence-electron chi connectivity index (χ3n) is 6.90. The monoisotopic (exact) mass is 515 g/mol. The lowest BCUT2D eigenvalue weighted by Crippen LogP contribution is -2.43. The van der Waals surface area contributed by atoms with E-state index in [2.05, 4.69) is 0 Å². The van der Waals surface area contributed by atoms with E-state index in [-0.39, 0.29) is 12.8 Å². The lowest BCUT2D eigenvalue weighted by Gasteiger charge is -2.25. The number of aryl methyl sites for hydroxylation is 1. The second-order valence-corrected chi connectivity index (χ2v) is 9.39. The van der Waals surface area contributed by atoms with E-state index in [9.17, 15) is 22.8 Å². The zero-order valence-corrected chi connectivity index (χ0v) is 20.6. The number of halogens is 3. The molecule has 8 nitrogen and oxygen atoms in total. The van der Waals surface area contributed by atoms with Crippen molar-refractivity contribution in [1.82, 2.24) is 20.0 Å². The number of ether oxygens (including phenoxy) is 1. The minimum atomic E-state index is -3.34. The summed E-state index contributed by atoms with van der Waals surface area (Å²) in [6.07, 6.45) is -3.23. The maximum absolute atomic E-state index is 13.2. The van der Waals surface area contributed by atoms with Crippen LogP contribution in [0.5, 0.6) is 0 Å². The minimum absolute atomic E-state index is 0.123. The minimum Gasteiger partial charge on any atom is -0.356 e. The van der Waals surface area contributed by atoms with Crippen molar-refractivity contribution in [3.05, 3.63) is 53.2 Å². The van der Waals surface area contributed by atoms with Crippen LogP contribution in [0.15, 0.2) is 36.4 Å². The van der Waals surface area contributed by atoms with Crippen molar-refractivity contribution in [2.45, 2.75) is 51.7 Å². The predicted octanol–water partition coefficient (Wildman–Crippen LogP) is 4.44. The largest absolute Gasteiger partial charge is 0.356 e. The first kappa shape index (κ1) is 25.1. The number of aromatic nitrogens is 2. The lowest BCUT2D eigenvalue weighted by molar-refractivity contribution is -0.125. The number of fused-ring (bicyclic) bond motifs is 2. The van der Waals surface area contributed by atoms with Crippen molar-refractivity contribution in [3.8, 4) is 0 Å². The highest BCUT2D eigenvalue weighted by molar-refractivity contribution is 6.05. The Balaban J connectivity index is 1.41. The van der Waals surface area contributed by atoms with Crippen LogP contribution in [0.4, 0.5) is 24.5 Å². The lowest BCUT2D eigenvalue weighted by atomic mass is 10.1. The number of carbonyl (C=O) groups is 2. The molecule has 0 aliphatic carbocycles. The van der Waals surface area contributed by atoms with Gasteiger partial charge in [-0.3, -0.25) is 9.59 Å². The molecular formula is C26H28F3N5O3. The Morgan fingerprint density at radius 1 is 1.24 bits per heavy atom. The summed E-state index contributed by atoms with van der Waals surface area (Å²) in [5, 5.41) is 7.34. The SMILES string of the molecule is Cc1nn(C2CCCCO2)c2cc(N(C)c3cccc4c3C(=O)N(CC(=O)NC(F)C(F)F)C4)ccc12. The standard InChI is InChI=1S/C26H28F3N5O3/c1-15-18-10-9-17(12-20(18)34(31-15)22-8-3-4-11-37-22)32(2)19-7-5-6-16-13-33(26(36)23(16)19)14-21(35)30-25(29)24(27)28/h5-7,9-10,12,22,24-25H,3-4,8,11,13-14H2,1-2H3,(H,30,35). The molecule has 2 amide bonds. The normalized spacial score (nSPS) is 18.4. The Labute approximate surface area is 212 Å². The van der Waals surface area contributed by atoms with Crippen LogP contribution in [0.2, 0.25) is 0 Å². The molecule has 1 aromatic heterocycles. The molecule has 1 N–H and O–H groups in total. The second kappa shape index (κ2) is 10.0. The van der Waals surface area contributed by atoms with Gasteiger partial charge in [0.1, 0.15) is 6.54 Å². The summed E-state index contributed by atoms with van der Waals surface area (Å²) in [6.45, 7) is 2.27. The molecule has 0 bridgehead atoms. The first-order chi connectivity index (χ1) is 17.7. The molecule has 2 aliphatic heterocycles. The topological polar surface area (TPSA) is 79.7 Å². The molecule has 0 saturated carbocycles. The Morgan fingerprint density at radius 2 is 2.05 bits per heavy atom. The molecule has 2 aromatic carbocycles. The van der Waals surface area contributed by atoms with Crippen LogP contribution in [-0.2, 0) is 16.1 Å². The van der Waals surface area contributed by atoms with E-state index in [1.165, 1.54) is 4.90 Å². The molecule has 3 heterocycles. The molecular weight excluding hydrogens is 487 g/mol. The van der Waals surface area contributed by atoms with Crippen LogP contribution in [-0.4, -0.2) is 59.4 Å². The number of amides is 2. The molecule has 2 unspecified atom stereocenters. The summed E-state index contributed by atoms with van der Waals surface area (Å²) in [7, 11) is 1.85. The number of hydrogen-bond acceptors (Lipinski definition) is 5. The second-order valence-electron chi connectivity index (χ2n) is 9.39. The molecule has 2 atom stereocenters. The maximum atomic E-state index is 13.2. The van der Waals surface area contributed by atoms with Crippen molar-refractivity contribution >= 4 is 34.1 Å². The van der Waals surface area contributed by atoms with Gasteiger partial charge in [-0.25, -0.2) is 17.9 Å². The zero-order valence-electron chi connectivity index (χ0n) is 20.6. The first-order valence-electron chi connectivity index (χ1n) is 12.2. The van der Waals surface area contributed by atoms with E-state index in [0.717, 1.165) is 41.5 Å². The van der Waals surface area contributed by atoms with Gasteiger partial charge in [0.05, 0.1) is 22.5 Å². The van der Waals surface area contributed by atoms with Crippen molar-refractivity contribution in [2.75, 3.05) is 25.1 Å². The van der Waals surface area contributed by atoms with E-state index >= 15 is 0 Å². The molecule has 1 saturated heterocycles. The Kier molecular flexibility index (Phi) is 6.80. The maximum Gasteiger partial charge on any atom is 0.287 e. The van der Waals surface area contributed by atoms with Crippen LogP contribution in [0.25, 0.3) is 10.9 Å². The fourth-order valence-electron chi connectivity index (χ4n) is 5.01. The van der Waals surface area contributed by atoms with Crippen LogP contribution >= 0.6 is 0 Å². The molecule has 0 radical (unpaired) electrons. The van der Waals surface area contributed by atoms with Crippen molar-refractivity contribution in [2.24, 2.45) is 0 Å². The predicted molar refractivity (Wildman–Crippen MR) is 132 cm³/mol. The summed E-state index contributed by atoms with van der Waals surface area (Å²) in [4.78, 5) is 28.4. The van der Waals surface area contributed by atoms with Gasteiger partial charge in [-0.2, -0.15) is 5.10 Å². The fourth-order valence-corrected chi connectivity index (χ4v) is 5.01. The van der Waals surface area contributed by atoms with Gasteiger partial charge in [-0.1, -0.05) is 12.1 Å². The first-order valence-corrected chi connectivity index (χ1v) is 12.2. The van der Waals surface area contributed by atoms with Crippen LogP contribution in [0.3, 0.4) is 0 Å². The number of anilines is 2. The molecule has 2 aliphatic rings. The third-order valence-corrected chi connectivity index (χ3v) is 6.90. The van der Waals surface area contributed by atoms with Crippen molar-refractivity contribution in [1.29, 1.82) is 0 Å². The molecule has 0 spiro atoms. The molecule has 196 valence electrons. The quantitative estimate of drug-likeness (QED) is 0.471. The molecule has 3 aromatic rings. The number of hydrogen-bond donors (Lipinski definition) is 1. The van der Waals surface area contributed by atoms with Crippen LogP contribution in [0.1, 0.15) is 47.1 Å². The van der Waals surface area contributed by atoms with Gasteiger partial charge >= 0.3 is 0 Å². The molecule has 1 fully saturated rings. The van der Waals surface area contributed by atoms with Gasteiger partial charge in [0.2, 0.25) is 12.2 Å². The summed E-state index contributed by atoms with van der Waals surface area (Å²) in [5.74, 6) is -1.40. The van der Waals surface area contributed by atoms with E-state index < -0.39 is 31.1 Å². The van der Waals surface area contributed by atoms with E-state index in [1.54, 1.807) is 11.4 Å². The van der Waals surface area contributed by atoms with E-state index in [1.807, 2.05) is 53.9 Å². The summed E-state index contributed by atoms with van der Waals surface area (Å²) in [6, 6.07) is 11.4. The highest BCUT2D eigenvalue weighted by Crippen LogP contribution is 2.36. The number of benzene rings is 2. The van der Waals surface area contributed by atoms with Gasteiger partial charge < -0.3 is 19.9 Å². The van der Waals surface area contributed by atoms with Crippen molar-refractivity contribution < 1.29 is 27.5 Å². The van der Waals surface area contributed by atoms with E-state index in [4.69, 9.17) is 9.84 Å². The number of nitrogens with one attached hydrogen (secondary N) is 1. The summed E-state index contributed by atoms with van der Waals surface area (Å²) < 4.78 is 46.0. The number of rotatable bonds is 7. The number of nitrogens with zero attached hydrogens (tertiary/aromatic N) is 4. The number of alkyl halides is 3. The van der Waals surface area contributed by atoms with Crippen molar-refractivity contribution in [3.63, 3.8) is 0 Å². The highest BCUT2D eigenvalue weighted by Gasteiger charge is 2.33. The van der Waals surface area contributed by atoms with Crippen LogP contribution < -0.4 is 10.2 Å². The Morgan fingerprint density at radius 3 is 2.78 bits per heavy atom. The molecule has 11 heteroatoms.